The van der Waals surface area contributed by atoms with E-state index in [-0.39, 0.29) is 6.10 Å². The Morgan fingerprint density at radius 3 is 2.94 bits per heavy atom. The van der Waals surface area contributed by atoms with Crippen LogP contribution in [0.1, 0.15) is 5.56 Å². The van der Waals surface area contributed by atoms with E-state index in [2.05, 4.69) is 11.5 Å². The summed E-state index contributed by atoms with van der Waals surface area (Å²) in [6.45, 7) is 7.19. The van der Waals surface area contributed by atoms with Gasteiger partial charge in [0, 0.05) is 19.6 Å². The third-order valence-corrected chi connectivity index (χ3v) is 3.57. The SMILES string of the molecule is C=CC1CN(Cc2ccc(Cl)c(Cl)c2)CCO1. The minimum atomic E-state index is 0.131. The van der Waals surface area contributed by atoms with Gasteiger partial charge in [-0.2, -0.15) is 0 Å². The molecule has 4 heteroatoms. The standard InChI is InChI=1S/C13H15Cl2NO/c1-2-11-9-16(5-6-17-11)8-10-3-4-12(14)13(15)7-10/h2-4,7,11H,1,5-6,8-9H2. The normalized spacial score (nSPS) is 21.4. The van der Waals surface area contributed by atoms with E-state index in [0.717, 1.165) is 26.2 Å². The molecule has 1 aliphatic rings. The number of rotatable bonds is 3. The van der Waals surface area contributed by atoms with Crippen LogP contribution in [-0.2, 0) is 11.3 Å². The van der Waals surface area contributed by atoms with Crippen molar-refractivity contribution in [1.29, 1.82) is 0 Å². The Kier molecular flexibility index (Phi) is 4.46. The van der Waals surface area contributed by atoms with Crippen molar-refractivity contribution in [2.24, 2.45) is 0 Å². The molecule has 0 spiro atoms. The summed E-state index contributed by atoms with van der Waals surface area (Å²) < 4.78 is 5.53. The molecule has 1 atom stereocenters. The molecule has 0 N–H and O–H groups in total. The molecule has 2 rings (SSSR count). The smallest absolute Gasteiger partial charge is 0.0880 e. The number of hydrogen-bond acceptors (Lipinski definition) is 2. The summed E-state index contributed by atoms with van der Waals surface area (Å²) in [6, 6.07) is 5.76. The largest absolute Gasteiger partial charge is 0.371 e. The third-order valence-electron chi connectivity index (χ3n) is 2.83. The summed E-state index contributed by atoms with van der Waals surface area (Å²) in [7, 11) is 0. The molecule has 0 saturated carbocycles. The van der Waals surface area contributed by atoms with Crippen molar-refractivity contribution >= 4 is 23.2 Å². The van der Waals surface area contributed by atoms with Crippen molar-refractivity contribution in [3.8, 4) is 0 Å². The Labute approximate surface area is 112 Å². The molecular weight excluding hydrogens is 257 g/mol. The second kappa shape index (κ2) is 5.87. The number of benzene rings is 1. The molecule has 92 valence electrons. The molecular formula is C13H15Cl2NO. The van der Waals surface area contributed by atoms with E-state index < -0.39 is 0 Å². The van der Waals surface area contributed by atoms with Gasteiger partial charge in [-0.25, -0.2) is 0 Å². The zero-order valence-electron chi connectivity index (χ0n) is 9.53. The van der Waals surface area contributed by atoms with Crippen LogP contribution < -0.4 is 0 Å². The number of hydrogen-bond donors (Lipinski definition) is 0. The molecule has 0 bridgehead atoms. The Hall–Kier alpha value is -0.540. The molecule has 2 nitrogen and oxygen atoms in total. The van der Waals surface area contributed by atoms with E-state index >= 15 is 0 Å². The van der Waals surface area contributed by atoms with E-state index in [0.29, 0.717) is 10.0 Å². The lowest BCUT2D eigenvalue weighted by Crippen LogP contribution is -2.40. The first kappa shape index (κ1) is 12.9. The molecule has 1 unspecified atom stereocenters. The molecule has 1 fully saturated rings. The van der Waals surface area contributed by atoms with Gasteiger partial charge < -0.3 is 4.74 Å². The van der Waals surface area contributed by atoms with E-state index in [1.807, 2.05) is 24.3 Å². The first-order chi connectivity index (χ1) is 8.19. The molecule has 1 heterocycles. The Bertz CT molecular complexity index is 408. The fraction of sp³-hybridized carbons (Fsp3) is 0.385. The number of nitrogens with zero attached hydrogens (tertiary/aromatic N) is 1. The van der Waals surface area contributed by atoms with Crippen LogP contribution in [-0.4, -0.2) is 30.7 Å². The fourth-order valence-electron chi connectivity index (χ4n) is 1.91. The lowest BCUT2D eigenvalue weighted by Gasteiger charge is -2.31. The average Bonchev–Trinajstić information content (AvgIpc) is 2.34. The minimum absolute atomic E-state index is 0.131. The highest BCUT2D eigenvalue weighted by atomic mass is 35.5. The van der Waals surface area contributed by atoms with Crippen molar-refractivity contribution in [2.75, 3.05) is 19.7 Å². The maximum absolute atomic E-state index is 6.00. The summed E-state index contributed by atoms with van der Waals surface area (Å²) in [4.78, 5) is 2.33. The number of ether oxygens (including phenoxy) is 1. The van der Waals surface area contributed by atoms with Crippen LogP contribution in [0.4, 0.5) is 0 Å². The van der Waals surface area contributed by atoms with Gasteiger partial charge in [-0.1, -0.05) is 35.3 Å². The van der Waals surface area contributed by atoms with Crippen molar-refractivity contribution in [1.82, 2.24) is 4.90 Å². The van der Waals surface area contributed by atoms with Gasteiger partial charge in [-0.05, 0) is 17.7 Å². The predicted molar refractivity (Wildman–Crippen MR) is 71.7 cm³/mol. The lowest BCUT2D eigenvalue weighted by atomic mass is 10.2. The van der Waals surface area contributed by atoms with Gasteiger partial charge in [0.15, 0.2) is 0 Å². The topological polar surface area (TPSA) is 12.5 Å². The molecule has 17 heavy (non-hydrogen) atoms. The van der Waals surface area contributed by atoms with Crippen molar-refractivity contribution in [3.05, 3.63) is 46.5 Å². The minimum Gasteiger partial charge on any atom is -0.371 e. The molecule has 0 aliphatic carbocycles. The quantitative estimate of drug-likeness (QED) is 0.782. The van der Waals surface area contributed by atoms with Crippen LogP contribution in [0.5, 0.6) is 0 Å². The first-order valence-electron chi connectivity index (χ1n) is 5.59. The summed E-state index contributed by atoms with van der Waals surface area (Å²) in [5.74, 6) is 0. The van der Waals surface area contributed by atoms with Crippen LogP contribution in [0.25, 0.3) is 0 Å². The second-order valence-electron chi connectivity index (χ2n) is 4.13. The second-order valence-corrected chi connectivity index (χ2v) is 4.94. The average molecular weight is 272 g/mol. The zero-order chi connectivity index (χ0) is 12.3. The maximum Gasteiger partial charge on any atom is 0.0880 e. The molecule has 0 amide bonds. The van der Waals surface area contributed by atoms with Gasteiger partial charge in [0.1, 0.15) is 0 Å². The van der Waals surface area contributed by atoms with Crippen LogP contribution in [0.15, 0.2) is 30.9 Å². The highest BCUT2D eigenvalue weighted by Crippen LogP contribution is 2.23. The Morgan fingerprint density at radius 1 is 1.41 bits per heavy atom. The van der Waals surface area contributed by atoms with Crippen LogP contribution >= 0.6 is 23.2 Å². The predicted octanol–water partition coefficient (Wildman–Crippen LogP) is 3.38. The molecule has 1 aliphatic heterocycles. The lowest BCUT2D eigenvalue weighted by molar-refractivity contribution is -0.00631. The van der Waals surface area contributed by atoms with Crippen LogP contribution in [0, 0.1) is 0 Å². The fourth-order valence-corrected chi connectivity index (χ4v) is 2.23. The van der Waals surface area contributed by atoms with E-state index in [1.165, 1.54) is 5.56 Å². The van der Waals surface area contributed by atoms with Gasteiger partial charge in [0.25, 0.3) is 0 Å². The van der Waals surface area contributed by atoms with Crippen LogP contribution in [0.2, 0.25) is 10.0 Å². The summed E-state index contributed by atoms with van der Waals surface area (Å²) in [6.07, 6.45) is 1.98. The summed E-state index contributed by atoms with van der Waals surface area (Å²) >= 11 is 11.9. The van der Waals surface area contributed by atoms with Crippen molar-refractivity contribution in [2.45, 2.75) is 12.6 Å². The van der Waals surface area contributed by atoms with Crippen molar-refractivity contribution < 1.29 is 4.74 Å². The van der Waals surface area contributed by atoms with Gasteiger partial charge in [0.2, 0.25) is 0 Å². The number of halogens is 2. The Morgan fingerprint density at radius 2 is 2.24 bits per heavy atom. The third kappa shape index (κ3) is 3.46. The highest BCUT2D eigenvalue weighted by Gasteiger charge is 2.17. The van der Waals surface area contributed by atoms with E-state index in [4.69, 9.17) is 27.9 Å². The number of morpholine rings is 1. The molecule has 1 aromatic carbocycles. The molecule has 0 aromatic heterocycles. The molecule has 0 radical (unpaired) electrons. The van der Waals surface area contributed by atoms with Gasteiger partial charge in [-0.3, -0.25) is 4.90 Å². The van der Waals surface area contributed by atoms with Gasteiger partial charge in [0.05, 0.1) is 22.8 Å². The summed E-state index contributed by atoms with van der Waals surface area (Å²) in [5, 5.41) is 1.21. The summed E-state index contributed by atoms with van der Waals surface area (Å²) in [5.41, 5.74) is 1.17. The monoisotopic (exact) mass is 271 g/mol. The first-order valence-corrected chi connectivity index (χ1v) is 6.35. The zero-order valence-corrected chi connectivity index (χ0v) is 11.0. The Balaban J connectivity index is 2.00. The molecule has 1 saturated heterocycles. The molecule has 1 aromatic rings. The van der Waals surface area contributed by atoms with E-state index in [9.17, 15) is 0 Å². The van der Waals surface area contributed by atoms with Crippen LogP contribution in [0.3, 0.4) is 0 Å². The van der Waals surface area contributed by atoms with Gasteiger partial charge >= 0.3 is 0 Å². The van der Waals surface area contributed by atoms with E-state index in [1.54, 1.807) is 0 Å². The van der Waals surface area contributed by atoms with Gasteiger partial charge in [-0.15, -0.1) is 6.58 Å². The maximum atomic E-state index is 6.00. The van der Waals surface area contributed by atoms with Crippen molar-refractivity contribution in [3.63, 3.8) is 0 Å². The highest BCUT2D eigenvalue weighted by molar-refractivity contribution is 6.42.